The number of halogens is 1. The molecular formula is C13H14ClN3OS. The molecule has 4 nitrogen and oxygen atoms in total. The molecule has 1 amide bonds. The van der Waals surface area contributed by atoms with Crippen LogP contribution >= 0.6 is 22.9 Å². The highest BCUT2D eigenvalue weighted by Crippen LogP contribution is 2.31. The lowest BCUT2D eigenvalue weighted by Crippen LogP contribution is -2.14. The molecule has 0 fully saturated rings. The lowest BCUT2D eigenvalue weighted by atomic mass is 10.2. The van der Waals surface area contributed by atoms with Gasteiger partial charge in [-0.1, -0.05) is 23.7 Å². The molecule has 2 aromatic rings. The van der Waals surface area contributed by atoms with E-state index < -0.39 is 5.91 Å². The van der Waals surface area contributed by atoms with Crippen LogP contribution in [0.25, 0.3) is 0 Å². The quantitative estimate of drug-likeness (QED) is 0.911. The Balaban J connectivity index is 2.15. The van der Waals surface area contributed by atoms with E-state index in [1.807, 2.05) is 36.2 Å². The Kier molecular flexibility index (Phi) is 3.97. The van der Waals surface area contributed by atoms with Gasteiger partial charge in [0.05, 0.1) is 10.7 Å². The Morgan fingerprint density at radius 1 is 1.37 bits per heavy atom. The van der Waals surface area contributed by atoms with E-state index in [0.29, 0.717) is 22.1 Å². The minimum absolute atomic E-state index is 0.401. The first-order chi connectivity index (χ1) is 8.97. The highest BCUT2D eigenvalue weighted by atomic mass is 35.5. The van der Waals surface area contributed by atoms with Crippen molar-refractivity contribution in [2.75, 3.05) is 17.7 Å². The van der Waals surface area contributed by atoms with E-state index in [2.05, 4.69) is 0 Å². The highest BCUT2D eigenvalue weighted by Gasteiger charge is 2.13. The summed E-state index contributed by atoms with van der Waals surface area (Å²) in [6, 6.07) is 9.39. The van der Waals surface area contributed by atoms with Crippen LogP contribution in [0, 0.1) is 0 Å². The van der Waals surface area contributed by atoms with Gasteiger partial charge in [-0.2, -0.15) is 0 Å². The minimum atomic E-state index is -0.492. The van der Waals surface area contributed by atoms with Gasteiger partial charge in [-0.25, -0.2) is 0 Å². The minimum Gasteiger partial charge on any atom is -0.397 e. The second-order valence-electron chi connectivity index (χ2n) is 4.22. The summed E-state index contributed by atoms with van der Waals surface area (Å²) in [4.78, 5) is 13.6. The van der Waals surface area contributed by atoms with E-state index in [1.54, 1.807) is 6.07 Å². The molecule has 6 heteroatoms. The number of hydrogen-bond acceptors (Lipinski definition) is 4. The maximum absolute atomic E-state index is 11.2. The molecule has 0 aliphatic carbocycles. The topological polar surface area (TPSA) is 72.3 Å². The lowest BCUT2D eigenvalue weighted by Gasteiger charge is -2.16. The van der Waals surface area contributed by atoms with Crippen LogP contribution in [0.4, 0.5) is 10.7 Å². The number of nitrogens with two attached hydrogens (primary N) is 2. The number of hydrogen-bond donors (Lipinski definition) is 2. The molecule has 0 bridgehead atoms. The summed E-state index contributed by atoms with van der Waals surface area (Å²) in [5.74, 6) is -0.492. The number of thiophene rings is 1. The van der Waals surface area contributed by atoms with Gasteiger partial charge < -0.3 is 16.4 Å². The Morgan fingerprint density at radius 3 is 2.53 bits per heavy atom. The molecule has 1 aromatic heterocycles. The van der Waals surface area contributed by atoms with Crippen molar-refractivity contribution in [3.8, 4) is 0 Å². The summed E-state index contributed by atoms with van der Waals surface area (Å²) in [6.07, 6.45) is 0. The molecule has 0 unspecified atom stereocenters. The second-order valence-corrected chi connectivity index (χ2v) is 5.68. The number of carbonyl (C=O) groups excluding carboxylic acids is 1. The van der Waals surface area contributed by atoms with Crippen molar-refractivity contribution in [3.63, 3.8) is 0 Å². The molecule has 19 heavy (non-hydrogen) atoms. The summed E-state index contributed by atoms with van der Waals surface area (Å²) in [5, 5.41) is 1.61. The van der Waals surface area contributed by atoms with Crippen molar-refractivity contribution >= 4 is 39.5 Å². The van der Waals surface area contributed by atoms with Crippen molar-refractivity contribution < 1.29 is 4.79 Å². The highest BCUT2D eigenvalue weighted by molar-refractivity contribution is 7.18. The van der Waals surface area contributed by atoms with E-state index in [-0.39, 0.29) is 0 Å². The van der Waals surface area contributed by atoms with E-state index >= 15 is 0 Å². The summed E-state index contributed by atoms with van der Waals surface area (Å²) in [5.41, 5.74) is 12.6. The molecule has 1 aromatic carbocycles. The predicted octanol–water partition coefficient (Wildman–Crippen LogP) is 2.72. The zero-order chi connectivity index (χ0) is 14.0. The standard InChI is InChI=1S/C13H14ClN3OS/c1-17(7-8-2-4-9(14)5-3-8)11-6-10(15)12(19-11)13(16)18/h2-6H,7,15H2,1H3,(H2,16,18). The number of amides is 1. The molecule has 100 valence electrons. The van der Waals surface area contributed by atoms with Crippen LogP contribution in [0.3, 0.4) is 0 Å². The zero-order valence-electron chi connectivity index (χ0n) is 10.4. The first-order valence-electron chi connectivity index (χ1n) is 5.62. The molecule has 4 N–H and O–H groups in total. The smallest absolute Gasteiger partial charge is 0.260 e. The van der Waals surface area contributed by atoms with E-state index in [1.165, 1.54) is 11.3 Å². The van der Waals surface area contributed by atoms with Crippen LogP contribution in [-0.2, 0) is 6.54 Å². The van der Waals surface area contributed by atoms with E-state index in [4.69, 9.17) is 23.1 Å². The fraction of sp³-hybridized carbons (Fsp3) is 0.154. The Morgan fingerprint density at radius 2 is 2.00 bits per heavy atom. The Bertz CT molecular complexity index is 594. The SMILES string of the molecule is CN(Cc1ccc(Cl)cc1)c1cc(N)c(C(N)=O)s1. The number of nitrogen functional groups attached to an aromatic ring is 1. The number of carbonyl (C=O) groups is 1. The van der Waals surface area contributed by atoms with Crippen LogP contribution in [0.2, 0.25) is 5.02 Å². The molecule has 0 aliphatic rings. The van der Waals surface area contributed by atoms with Crippen molar-refractivity contribution in [2.24, 2.45) is 5.73 Å². The third-order valence-electron chi connectivity index (χ3n) is 2.68. The molecule has 0 aliphatic heterocycles. The maximum atomic E-state index is 11.2. The van der Waals surface area contributed by atoms with Crippen molar-refractivity contribution in [1.82, 2.24) is 0 Å². The molecule has 0 spiro atoms. The molecule has 0 saturated heterocycles. The van der Waals surface area contributed by atoms with Crippen LogP contribution < -0.4 is 16.4 Å². The third kappa shape index (κ3) is 3.19. The predicted molar refractivity (Wildman–Crippen MR) is 80.8 cm³/mol. The van der Waals surface area contributed by atoms with Gasteiger partial charge in [0, 0.05) is 18.6 Å². The number of rotatable bonds is 4. The summed E-state index contributed by atoms with van der Waals surface area (Å²) < 4.78 is 0. The molecule has 2 rings (SSSR count). The first-order valence-corrected chi connectivity index (χ1v) is 6.81. The lowest BCUT2D eigenvalue weighted by molar-refractivity contribution is 0.100. The maximum Gasteiger partial charge on any atom is 0.260 e. The number of nitrogens with zero attached hydrogens (tertiary/aromatic N) is 1. The van der Waals surface area contributed by atoms with Gasteiger partial charge in [-0.05, 0) is 23.8 Å². The molecule has 1 heterocycles. The monoisotopic (exact) mass is 295 g/mol. The largest absolute Gasteiger partial charge is 0.397 e. The van der Waals surface area contributed by atoms with Crippen LogP contribution in [0.15, 0.2) is 30.3 Å². The molecule has 0 radical (unpaired) electrons. The third-order valence-corrected chi connectivity index (χ3v) is 4.21. The fourth-order valence-electron chi connectivity index (χ4n) is 1.71. The van der Waals surface area contributed by atoms with E-state index in [9.17, 15) is 4.79 Å². The van der Waals surface area contributed by atoms with Gasteiger partial charge in [0.15, 0.2) is 0 Å². The number of anilines is 2. The van der Waals surface area contributed by atoms with Crippen LogP contribution in [0.5, 0.6) is 0 Å². The van der Waals surface area contributed by atoms with Crippen molar-refractivity contribution in [2.45, 2.75) is 6.54 Å². The van der Waals surface area contributed by atoms with Gasteiger partial charge in [0.25, 0.3) is 5.91 Å². The summed E-state index contributed by atoms with van der Waals surface area (Å²) >= 11 is 7.14. The van der Waals surface area contributed by atoms with Crippen LogP contribution in [-0.4, -0.2) is 13.0 Å². The van der Waals surface area contributed by atoms with Gasteiger partial charge in [0.1, 0.15) is 4.88 Å². The Hall–Kier alpha value is -1.72. The Labute approximate surface area is 120 Å². The molecular weight excluding hydrogens is 282 g/mol. The normalized spacial score (nSPS) is 10.4. The van der Waals surface area contributed by atoms with E-state index in [0.717, 1.165) is 10.6 Å². The summed E-state index contributed by atoms with van der Waals surface area (Å²) in [7, 11) is 1.94. The number of benzene rings is 1. The average Bonchev–Trinajstić information content (AvgIpc) is 2.74. The van der Waals surface area contributed by atoms with Gasteiger partial charge in [-0.15, -0.1) is 11.3 Å². The number of primary amides is 1. The second kappa shape index (κ2) is 5.50. The van der Waals surface area contributed by atoms with Crippen molar-refractivity contribution in [1.29, 1.82) is 0 Å². The van der Waals surface area contributed by atoms with Gasteiger partial charge >= 0.3 is 0 Å². The van der Waals surface area contributed by atoms with Gasteiger partial charge in [0.2, 0.25) is 0 Å². The molecule has 0 atom stereocenters. The van der Waals surface area contributed by atoms with Gasteiger partial charge in [-0.3, -0.25) is 4.79 Å². The van der Waals surface area contributed by atoms with Crippen molar-refractivity contribution in [3.05, 3.63) is 45.8 Å². The zero-order valence-corrected chi connectivity index (χ0v) is 12.0. The summed E-state index contributed by atoms with van der Waals surface area (Å²) in [6.45, 7) is 0.704. The average molecular weight is 296 g/mol. The first kappa shape index (κ1) is 13.7. The molecule has 0 saturated carbocycles. The van der Waals surface area contributed by atoms with Crippen LogP contribution in [0.1, 0.15) is 15.2 Å². The fourth-order valence-corrected chi connectivity index (χ4v) is 2.73.